The molecule has 0 unspecified atom stereocenters. The fourth-order valence-electron chi connectivity index (χ4n) is 5.84. The van der Waals surface area contributed by atoms with E-state index in [9.17, 15) is 28.6 Å². The van der Waals surface area contributed by atoms with Crippen LogP contribution in [-0.2, 0) is 14.3 Å². The number of benzene rings is 1. The third-order valence-corrected chi connectivity index (χ3v) is 8.80. The van der Waals surface area contributed by atoms with Gasteiger partial charge in [0.15, 0.2) is 33.9 Å². The van der Waals surface area contributed by atoms with E-state index in [0.29, 0.717) is 11.1 Å². The number of aromatic nitrogens is 1. The predicted octanol–water partition coefficient (Wildman–Crippen LogP) is 2.70. The normalized spacial score (nSPS) is 25.2. The molecule has 4 heterocycles. The lowest BCUT2D eigenvalue weighted by atomic mass is 9.94. The molecule has 1 aromatic carbocycles. The third-order valence-electron chi connectivity index (χ3n) is 8.02. The highest BCUT2D eigenvalue weighted by molar-refractivity contribution is 7.11. The number of carbonyl (C=O) groups is 2. The zero-order chi connectivity index (χ0) is 31.3. The summed E-state index contributed by atoms with van der Waals surface area (Å²) in [7, 11) is 1.06. The van der Waals surface area contributed by atoms with Crippen molar-refractivity contribution in [3.05, 3.63) is 63.0 Å². The first-order valence-corrected chi connectivity index (χ1v) is 14.1. The highest BCUT2D eigenvalue weighted by atomic mass is 32.1. The van der Waals surface area contributed by atoms with Crippen LogP contribution in [0, 0.1) is 17.5 Å². The van der Waals surface area contributed by atoms with Gasteiger partial charge in [-0.25, -0.2) is 36.5 Å². The Hall–Kier alpha value is -3.47. The number of alkyl halides is 2. The average Bonchev–Trinajstić information content (AvgIpc) is 3.69. The smallest absolute Gasteiger partial charge is 0.338 e. The first-order chi connectivity index (χ1) is 20.2. The number of esters is 1. The van der Waals surface area contributed by atoms with Gasteiger partial charge in [0.25, 0.3) is 5.92 Å². The van der Waals surface area contributed by atoms with E-state index in [1.165, 1.54) is 16.0 Å². The van der Waals surface area contributed by atoms with Gasteiger partial charge in [-0.1, -0.05) is 6.07 Å². The largest absolute Gasteiger partial charge is 0.479 e. The van der Waals surface area contributed by atoms with Crippen molar-refractivity contribution >= 4 is 29.1 Å². The van der Waals surface area contributed by atoms with Crippen LogP contribution >= 0.6 is 11.3 Å². The number of thiazole rings is 1. The zero-order valence-electron chi connectivity index (χ0n) is 23.0. The van der Waals surface area contributed by atoms with Crippen LogP contribution < -0.4 is 5.32 Å². The van der Waals surface area contributed by atoms with Crippen LogP contribution in [0.4, 0.5) is 22.0 Å². The number of aliphatic carboxylic acids is 1. The van der Waals surface area contributed by atoms with Gasteiger partial charge in [0.05, 0.1) is 25.3 Å². The van der Waals surface area contributed by atoms with Crippen molar-refractivity contribution in [1.29, 1.82) is 0 Å². The second kappa shape index (κ2) is 11.6. The van der Waals surface area contributed by atoms with Gasteiger partial charge in [-0.15, -0.1) is 11.3 Å². The van der Waals surface area contributed by atoms with Gasteiger partial charge in [-0.05, 0) is 25.8 Å². The third kappa shape index (κ3) is 5.75. The van der Waals surface area contributed by atoms with E-state index >= 15 is 13.2 Å². The number of halogens is 5. The lowest BCUT2D eigenvalue weighted by Gasteiger charge is -2.31. The predicted molar refractivity (Wildman–Crippen MR) is 143 cm³/mol. The maximum Gasteiger partial charge on any atom is 0.338 e. The molecule has 3 aliphatic heterocycles. The maximum absolute atomic E-state index is 15.5. The van der Waals surface area contributed by atoms with Crippen molar-refractivity contribution in [2.45, 2.75) is 49.4 Å². The Labute approximate surface area is 246 Å². The number of ether oxygens (including phenoxy) is 1. The van der Waals surface area contributed by atoms with E-state index in [-0.39, 0.29) is 49.6 Å². The number of aliphatic imine (C=N–C) groups is 1. The molecule has 4 atom stereocenters. The number of carboxylic acids is 1. The summed E-state index contributed by atoms with van der Waals surface area (Å²) in [5, 5.41) is 24.2. The lowest BCUT2D eigenvalue weighted by Crippen LogP contribution is -2.48. The van der Waals surface area contributed by atoms with Crippen LogP contribution in [0.15, 0.2) is 40.0 Å². The number of amidine groups is 1. The number of hydrogen-bond donors (Lipinski definition) is 3. The Kier molecular flexibility index (Phi) is 8.32. The molecule has 0 radical (unpaired) electrons. The van der Waals surface area contributed by atoms with Crippen LogP contribution in [0.1, 0.15) is 36.4 Å². The second-order valence-electron chi connectivity index (χ2n) is 10.8. The van der Waals surface area contributed by atoms with Crippen molar-refractivity contribution in [3.63, 3.8) is 0 Å². The van der Waals surface area contributed by atoms with E-state index < -0.39 is 71.1 Å². The first kappa shape index (κ1) is 31.0. The van der Waals surface area contributed by atoms with Crippen molar-refractivity contribution in [2.24, 2.45) is 4.99 Å². The van der Waals surface area contributed by atoms with Crippen LogP contribution in [0.5, 0.6) is 0 Å². The van der Waals surface area contributed by atoms with Gasteiger partial charge in [-0.3, -0.25) is 14.8 Å². The van der Waals surface area contributed by atoms with Gasteiger partial charge in [0.2, 0.25) is 0 Å². The number of nitrogens with one attached hydrogen (secondary N) is 1. The molecule has 0 saturated carbocycles. The molecular formula is C27H28F5N5O5S. The molecule has 3 aliphatic rings. The molecular weight excluding hydrogens is 601 g/mol. The number of nitrogens with zero attached hydrogens (tertiary/aromatic N) is 4. The minimum absolute atomic E-state index is 0.0462. The number of carbonyl (C=O) groups excluding carboxylic acids is 1. The number of aliphatic hydroxyl groups is 1. The summed E-state index contributed by atoms with van der Waals surface area (Å²) in [5.41, 5.74) is -2.78. The molecule has 2 saturated heterocycles. The number of rotatable bonds is 9. The van der Waals surface area contributed by atoms with Crippen molar-refractivity contribution < 1.29 is 46.5 Å². The molecule has 0 aliphatic carbocycles. The highest BCUT2D eigenvalue weighted by Crippen LogP contribution is 2.43. The van der Waals surface area contributed by atoms with Gasteiger partial charge in [0.1, 0.15) is 6.04 Å². The summed E-state index contributed by atoms with van der Waals surface area (Å²) in [6.45, 7) is 0.236. The Morgan fingerprint density at radius 2 is 1.98 bits per heavy atom. The van der Waals surface area contributed by atoms with Crippen LogP contribution in [0.2, 0.25) is 0 Å². The van der Waals surface area contributed by atoms with E-state index in [4.69, 9.17) is 4.74 Å². The van der Waals surface area contributed by atoms with Crippen molar-refractivity contribution in [3.8, 4) is 0 Å². The zero-order valence-corrected chi connectivity index (χ0v) is 23.8. The van der Waals surface area contributed by atoms with Crippen molar-refractivity contribution in [2.75, 3.05) is 33.3 Å². The number of hydrogen-bond acceptors (Lipinski definition) is 10. The molecule has 1 aromatic heterocycles. The number of fused-ring (bicyclic) bond motifs is 1. The first-order valence-electron chi connectivity index (χ1n) is 13.3. The molecule has 10 nitrogen and oxygen atoms in total. The summed E-state index contributed by atoms with van der Waals surface area (Å²) in [4.78, 5) is 35.9. The summed E-state index contributed by atoms with van der Waals surface area (Å²) >= 11 is 1.15. The minimum Gasteiger partial charge on any atom is -0.479 e. The van der Waals surface area contributed by atoms with Gasteiger partial charge >= 0.3 is 11.9 Å². The average molecular weight is 630 g/mol. The summed E-state index contributed by atoms with van der Waals surface area (Å²) in [5.74, 6) is -10.4. The quantitative estimate of drug-likeness (QED) is 0.218. The Morgan fingerprint density at radius 3 is 2.63 bits per heavy atom. The Balaban J connectivity index is 1.51. The number of methoxy groups -OCH3 is 1. The molecule has 43 heavy (non-hydrogen) atoms. The highest BCUT2D eigenvalue weighted by Gasteiger charge is 2.59. The molecule has 232 valence electrons. The van der Waals surface area contributed by atoms with Crippen LogP contribution in [0.3, 0.4) is 0 Å². The Bertz CT molecular complexity index is 1480. The van der Waals surface area contributed by atoms with Gasteiger partial charge < -0.3 is 20.3 Å². The molecule has 2 fully saturated rings. The van der Waals surface area contributed by atoms with Gasteiger partial charge in [-0.2, -0.15) is 0 Å². The van der Waals surface area contributed by atoms with E-state index in [0.717, 1.165) is 31.4 Å². The maximum atomic E-state index is 15.5. The van der Waals surface area contributed by atoms with E-state index in [1.807, 2.05) is 0 Å². The minimum atomic E-state index is -3.24. The van der Waals surface area contributed by atoms with Gasteiger partial charge in [0, 0.05) is 48.5 Å². The number of carboxylic acid groups (broad SMARTS) is 1. The standard InChI is InChI=1S/C27H28F5N5O5S/c1-26(41,25(39)40)6-9-36-8-5-16-21(36)27(31,32)12-37(16)11-15-17(24(38)42-2)20(13-3-4-14(28)19(30)18(13)29)35-22(34-15)23-33-7-10-43-23/h3-4,7,10,16,20-21,41H,5-6,8-9,11-12H2,1-2H3,(H,34,35)(H,39,40)/t16-,20-,21+,26+/m0/s1. The Morgan fingerprint density at radius 1 is 1.23 bits per heavy atom. The van der Waals surface area contributed by atoms with E-state index in [2.05, 4.69) is 15.3 Å². The molecule has 0 amide bonds. The summed E-state index contributed by atoms with van der Waals surface area (Å²) in [6, 6.07) is -1.89. The molecule has 2 aromatic rings. The van der Waals surface area contributed by atoms with Crippen molar-refractivity contribution in [1.82, 2.24) is 20.1 Å². The molecule has 0 bridgehead atoms. The lowest BCUT2D eigenvalue weighted by molar-refractivity contribution is -0.157. The number of likely N-dealkylation sites (tertiary alicyclic amines) is 2. The van der Waals surface area contributed by atoms with Crippen LogP contribution in [-0.4, -0.2) is 99.7 Å². The molecule has 0 spiro atoms. The van der Waals surface area contributed by atoms with E-state index in [1.54, 1.807) is 5.38 Å². The topological polar surface area (TPSA) is 128 Å². The van der Waals surface area contributed by atoms with Crippen LogP contribution in [0.25, 0.3) is 0 Å². The fourth-order valence-corrected chi connectivity index (χ4v) is 6.43. The molecule has 16 heteroatoms. The monoisotopic (exact) mass is 629 g/mol. The summed E-state index contributed by atoms with van der Waals surface area (Å²) < 4.78 is 79.0. The second-order valence-corrected chi connectivity index (χ2v) is 11.7. The summed E-state index contributed by atoms with van der Waals surface area (Å²) in [6.07, 6.45) is 1.48. The fraction of sp³-hybridized carbons (Fsp3) is 0.481. The molecule has 5 rings (SSSR count). The SMILES string of the molecule is COC(=O)C1=C(CN2CC(F)(F)[C@H]3[C@@H]2CCN3CC[C@@](C)(O)C(=O)O)NC(c2nccs2)=N[C@H]1c1ccc(F)c(F)c1F. The molecule has 3 N–H and O–H groups in total.